The number of amides is 1. The molecule has 0 N–H and O–H groups in total. The largest absolute Gasteiger partial charge is 0.343 e. The van der Waals surface area contributed by atoms with Gasteiger partial charge in [0.25, 0.3) is 0 Å². The van der Waals surface area contributed by atoms with Gasteiger partial charge in [-0.25, -0.2) is 8.42 Å². The Hall–Kier alpha value is -1.85. The highest BCUT2D eigenvalue weighted by Crippen LogP contribution is 2.22. The Morgan fingerprint density at radius 1 is 0.964 bits per heavy atom. The van der Waals surface area contributed by atoms with E-state index in [0.29, 0.717) is 37.4 Å². The fourth-order valence-corrected chi connectivity index (χ4v) is 5.59. The molecule has 0 atom stereocenters. The van der Waals surface area contributed by atoms with E-state index in [1.54, 1.807) is 0 Å². The first kappa shape index (κ1) is 20.9. The van der Waals surface area contributed by atoms with Gasteiger partial charge in [-0.15, -0.1) is 0 Å². The summed E-state index contributed by atoms with van der Waals surface area (Å²) in [5, 5.41) is 0.357. The van der Waals surface area contributed by atoms with E-state index >= 15 is 0 Å². The number of rotatable bonds is 7. The number of hydrogen-bond donors (Lipinski definition) is 0. The first-order chi connectivity index (χ1) is 13.4. The minimum absolute atomic E-state index is 0.0769. The molecule has 4 nitrogen and oxygen atoms in total. The van der Waals surface area contributed by atoms with Gasteiger partial charge in [0, 0.05) is 24.5 Å². The lowest BCUT2D eigenvalue weighted by Gasteiger charge is -2.32. The van der Waals surface area contributed by atoms with Gasteiger partial charge in [-0.1, -0.05) is 54.1 Å². The predicted molar refractivity (Wildman–Crippen MR) is 113 cm³/mol. The molecule has 0 radical (unpaired) electrons. The predicted octanol–water partition coefficient (Wildman–Crippen LogP) is 4.27. The van der Waals surface area contributed by atoms with Crippen molar-refractivity contribution in [2.24, 2.45) is 0 Å². The number of hydrogen-bond acceptors (Lipinski definition) is 3. The van der Waals surface area contributed by atoms with Crippen molar-refractivity contribution < 1.29 is 13.2 Å². The van der Waals surface area contributed by atoms with Crippen LogP contribution in [0.3, 0.4) is 0 Å². The summed E-state index contributed by atoms with van der Waals surface area (Å²) in [4.78, 5) is 14.3. The van der Waals surface area contributed by atoms with Crippen LogP contribution in [0, 0.1) is 0 Å². The number of halogens is 1. The van der Waals surface area contributed by atoms with Gasteiger partial charge in [0.05, 0.1) is 11.0 Å². The number of benzene rings is 2. The van der Waals surface area contributed by atoms with Crippen molar-refractivity contribution in [3.05, 3.63) is 70.7 Å². The Kier molecular flexibility index (Phi) is 7.13. The van der Waals surface area contributed by atoms with E-state index in [9.17, 15) is 13.2 Å². The molecule has 1 aliphatic heterocycles. The van der Waals surface area contributed by atoms with Crippen LogP contribution in [0.4, 0.5) is 0 Å². The first-order valence-corrected chi connectivity index (χ1v) is 11.8. The molecule has 2 aromatic carbocycles. The topological polar surface area (TPSA) is 54.5 Å². The van der Waals surface area contributed by atoms with E-state index < -0.39 is 9.84 Å². The SMILES string of the molecule is O=C(CCCc1ccc(Cl)cc1)N1CCC(S(=O)(=O)Cc2ccccc2)CC1. The maximum absolute atomic E-state index is 12.7. The molecule has 3 rings (SSSR count). The maximum Gasteiger partial charge on any atom is 0.222 e. The van der Waals surface area contributed by atoms with Crippen LogP contribution in [0.25, 0.3) is 0 Å². The minimum Gasteiger partial charge on any atom is -0.343 e. The number of piperidine rings is 1. The summed E-state index contributed by atoms with van der Waals surface area (Å²) in [7, 11) is -3.19. The quantitative estimate of drug-likeness (QED) is 0.673. The third-order valence-electron chi connectivity index (χ3n) is 5.28. The van der Waals surface area contributed by atoms with Gasteiger partial charge >= 0.3 is 0 Å². The average molecular weight is 420 g/mol. The van der Waals surface area contributed by atoms with E-state index in [0.717, 1.165) is 18.4 Å². The highest BCUT2D eigenvalue weighted by Gasteiger charge is 2.31. The van der Waals surface area contributed by atoms with E-state index in [-0.39, 0.29) is 16.9 Å². The molecular formula is C22H26ClNO3S. The van der Waals surface area contributed by atoms with Crippen molar-refractivity contribution in [2.75, 3.05) is 13.1 Å². The summed E-state index contributed by atoms with van der Waals surface area (Å²) in [6.45, 7) is 1.05. The van der Waals surface area contributed by atoms with E-state index in [4.69, 9.17) is 11.6 Å². The standard InChI is InChI=1S/C22H26ClNO3S/c23-20-11-9-18(10-12-20)7-4-8-22(25)24-15-13-21(14-16-24)28(26,27)17-19-5-2-1-3-6-19/h1-3,5-6,9-12,21H,4,7-8,13-17H2. The smallest absolute Gasteiger partial charge is 0.222 e. The third kappa shape index (κ3) is 5.82. The average Bonchev–Trinajstić information content (AvgIpc) is 2.70. The molecule has 0 spiro atoms. The number of nitrogens with zero attached hydrogens (tertiary/aromatic N) is 1. The van der Waals surface area contributed by atoms with Gasteiger partial charge in [-0.05, 0) is 48.9 Å². The molecule has 1 heterocycles. The fraction of sp³-hybridized carbons (Fsp3) is 0.409. The van der Waals surface area contributed by atoms with Crippen molar-refractivity contribution in [1.29, 1.82) is 0 Å². The lowest BCUT2D eigenvalue weighted by Crippen LogP contribution is -2.42. The molecular weight excluding hydrogens is 394 g/mol. The second-order valence-electron chi connectivity index (χ2n) is 7.35. The molecule has 0 unspecified atom stereocenters. The van der Waals surface area contributed by atoms with Crippen LogP contribution in [0.15, 0.2) is 54.6 Å². The fourth-order valence-electron chi connectivity index (χ4n) is 3.64. The monoisotopic (exact) mass is 419 g/mol. The zero-order chi connectivity index (χ0) is 20.0. The summed E-state index contributed by atoms with van der Waals surface area (Å²) < 4.78 is 25.3. The van der Waals surface area contributed by atoms with Gasteiger partial charge in [-0.3, -0.25) is 4.79 Å². The number of sulfone groups is 1. The molecule has 150 valence electrons. The maximum atomic E-state index is 12.7. The van der Waals surface area contributed by atoms with Crippen molar-refractivity contribution >= 4 is 27.3 Å². The Balaban J connectivity index is 1.44. The molecule has 0 saturated carbocycles. The van der Waals surface area contributed by atoms with Crippen molar-refractivity contribution in [2.45, 2.75) is 43.1 Å². The zero-order valence-electron chi connectivity index (χ0n) is 15.9. The summed E-state index contributed by atoms with van der Waals surface area (Å²) in [5.41, 5.74) is 1.99. The molecule has 1 aliphatic rings. The number of carbonyl (C=O) groups excluding carboxylic acids is 1. The second-order valence-corrected chi connectivity index (χ2v) is 10.1. The highest BCUT2D eigenvalue weighted by atomic mass is 35.5. The van der Waals surface area contributed by atoms with E-state index in [1.807, 2.05) is 59.5 Å². The van der Waals surface area contributed by atoms with Gasteiger partial charge in [0.1, 0.15) is 0 Å². The number of likely N-dealkylation sites (tertiary alicyclic amines) is 1. The van der Waals surface area contributed by atoms with Crippen molar-refractivity contribution in [3.63, 3.8) is 0 Å². The van der Waals surface area contributed by atoms with Crippen molar-refractivity contribution in [1.82, 2.24) is 4.90 Å². The molecule has 0 aliphatic carbocycles. The lowest BCUT2D eigenvalue weighted by molar-refractivity contribution is -0.132. The second kappa shape index (κ2) is 9.57. The molecule has 0 aromatic heterocycles. The van der Waals surface area contributed by atoms with Crippen LogP contribution in [0.1, 0.15) is 36.8 Å². The number of aryl methyl sites for hydroxylation is 1. The summed E-state index contributed by atoms with van der Waals surface area (Å²) in [6, 6.07) is 17.0. The Morgan fingerprint density at radius 3 is 2.25 bits per heavy atom. The van der Waals surface area contributed by atoms with Gasteiger partial charge < -0.3 is 4.90 Å². The third-order valence-corrected chi connectivity index (χ3v) is 7.76. The van der Waals surface area contributed by atoms with Crippen LogP contribution in [0.5, 0.6) is 0 Å². The highest BCUT2D eigenvalue weighted by molar-refractivity contribution is 7.91. The van der Waals surface area contributed by atoms with Crippen LogP contribution in [-0.2, 0) is 26.8 Å². The van der Waals surface area contributed by atoms with Crippen LogP contribution in [0.2, 0.25) is 5.02 Å². The minimum atomic E-state index is -3.19. The van der Waals surface area contributed by atoms with Gasteiger partial charge in [0.15, 0.2) is 9.84 Å². The van der Waals surface area contributed by atoms with Crippen LogP contribution >= 0.6 is 11.6 Å². The molecule has 2 aromatic rings. The van der Waals surface area contributed by atoms with E-state index in [1.165, 1.54) is 5.56 Å². The van der Waals surface area contributed by atoms with Crippen LogP contribution in [-0.4, -0.2) is 37.6 Å². The summed E-state index contributed by atoms with van der Waals surface area (Å²) in [6.07, 6.45) is 3.16. The molecule has 1 saturated heterocycles. The van der Waals surface area contributed by atoms with Crippen LogP contribution < -0.4 is 0 Å². The molecule has 0 bridgehead atoms. The normalized spacial score (nSPS) is 15.5. The first-order valence-electron chi connectivity index (χ1n) is 9.72. The summed E-state index contributed by atoms with van der Waals surface area (Å²) >= 11 is 5.88. The van der Waals surface area contributed by atoms with Crippen molar-refractivity contribution in [3.8, 4) is 0 Å². The Labute approximate surface area is 172 Å². The molecule has 1 amide bonds. The number of carbonyl (C=O) groups is 1. The zero-order valence-corrected chi connectivity index (χ0v) is 17.5. The Morgan fingerprint density at radius 2 is 1.61 bits per heavy atom. The van der Waals surface area contributed by atoms with E-state index in [2.05, 4.69) is 0 Å². The lowest BCUT2D eigenvalue weighted by atomic mass is 10.1. The summed E-state index contributed by atoms with van der Waals surface area (Å²) in [5.74, 6) is 0.195. The molecule has 1 fully saturated rings. The molecule has 6 heteroatoms. The van der Waals surface area contributed by atoms with Gasteiger partial charge in [0.2, 0.25) is 5.91 Å². The Bertz CT molecular complexity index is 874. The molecule has 28 heavy (non-hydrogen) atoms. The van der Waals surface area contributed by atoms with Gasteiger partial charge in [-0.2, -0.15) is 0 Å².